The molecule has 2 aromatic carbocycles. The Balaban J connectivity index is 1.50. The van der Waals surface area contributed by atoms with Gasteiger partial charge in [0.15, 0.2) is 6.79 Å². The molecule has 1 saturated heterocycles. The lowest BCUT2D eigenvalue weighted by Gasteiger charge is -2.20. The van der Waals surface area contributed by atoms with E-state index >= 15 is 0 Å². The van der Waals surface area contributed by atoms with Crippen LogP contribution in [0.15, 0.2) is 53.5 Å². The first kappa shape index (κ1) is 22.2. The van der Waals surface area contributed by atoms with E-state index < -0.39 is 0 Å². The molecule has 0 aromatic heterocycles. The number of benzene rings is 2. The van der Waals surface area contributed by atoms with E-state index in [1.807, 2.05) is 39.8 Å². The Bertz CT molecular complexity index is 811. The zero-order valence-electron chi connectivity index (χ0n) is 18.8. The minimum absolute atomic E-state index is 0.166. The quantitative estimate of drug-likeness (QED) is 0.396. The normalized spacial score (nSPS) is 17.1. The molecule has 0 N–H and O–H groups in total. The van der Waals surface area contributed by atoms with E-state index in [1.54, 1.807) is 0 Å². The third kappa shape index (κ3) is 6.49. The molecule has 2 unspecified atom stereocenters. The van der Waals surface area contributed by atoms with Crippen molar-refractivity contribution in [2.45, 2.75) is 59.3 Å². The Kier molecular flexibility index (Phi) is 7.75. The van der Waals surface area contributed by atoms with Gasteiger partial charge in [-0.1, -0.05) is 12.1 Å². The van der Waals surface area contributed by atoms with Gasteiger partial charge in [-0.3, -0.25) is 4.99 Å². The lowest BCUT2D eigenvalue weighted by atomic mass is 10.1. The van der Waals surface area contributed by atoms with Gasteiger partial charge in [0, 0.05) is 24.4 Å². The number of anilines is 1. The Morgan fingerprint density at radius 1 is 1.00 bits per heavy atom. The highest BCUT2D eigenvalue weighted by Crippen LogP contribution is 2.27. The summed E-state index contributed by atoms with van der Waals surface area (Å²) in [6, 6.07) is 16.7. The number of aliphatic imine (C=N–C) groups is 1. The zero-order valence-corrected chi connectivity index (χ0v) is 18.8. The van der Waals surface area contributed by atoms with Gasteiger partial charge in [-0.25, -0.2) is 0 Å². The second-order valence-electron chi connectivity index (χ2n) is 8.27. The standard InChI is InChI=1S/C25H34N2O3/c1-18(2)26-20(5)21-6-10-24(11-7-21)30-25-14-15-27(16-25)22-8-12-23(13-9-22)29-17-28-19(3)4/h6-13,19-20,25H,14-17H2,1-5H3. The van der Waals surface area contributed by atoms with E-state index in [0.717, 1.165) is 36.7 Å². The molecule has 1 aliphatic heterocycles. The van der Waals surface area contributed by atoms with Crippen molar-refractivity contribution < 1.29 is 14.2 Å². The predicted octanol–water partition coefficient (Wildman–Crippen LogP) is 5.65. The molecule has 0 radical (unpaired) electrons. The van der Waals surface area contributed by atoms with Crippen LogP contribution in [0.3, 0.4) is 0 Å². The van der Waals surface area contributed by atoms with Crippen LogP contribution < -0.4 is 14.4 Å². The molecule has 0 amide bonds. The summed E-state index contributed by atoms with van der Waals surface area (Å²) in [5, 5.41) is 0. The predicted molar refractivity (Wildman–Crippen MR) is 123 cm³/mol. The fraction of sp³-hybridized carbons (Fsp3) is 0.480. The van der Waals surface area contributed by atoms with Gasteiger partial charge in [0.05, 0.1) is 18.7 Å². The van der Waals surface area contributed by atoms with Gasteiger partial charge in [-0.15, -0.1) is 0 Å². The van der Waals surface area contributed by atoms with Crippen molar-refractivity contribution in [1.82, 2.24) is 0 Å². The number of rotatable bonds is 9. The Morgan fingerprint density at radius 3 is 2.30 bits per heavy atom. The minimum atomic E-state index is 0.166. The molecule has 2 aromatic rings. The van der Waals surface area contributed by atoms with Gasteiger partial charge in [-0.2, -0.15) is 0 Å². The van der Waals surface area contributed by atoms with Gasteiger partial charge in [0.25, 0.3) is 0 Å². The molecule has 2 atom stereocenters. The first-order chi connectivity index (χ1) is 14.4. The second-order valence-corrected chi connectivity index (χ2v) is 8.27. The molecule has 30 heavy (non-hydrogen) atoms. The van der Waals surface area contributed by atoms with E-state index in [0.29, 0.717) is 0 Å². The summed E-state index contributed by atoms with van der Waals surface area (Å²) in [6.07, 6.45) is 1.37. The molecule has 0 saturated carbocycles. The van der Waals surface area contributed by atoms with Crippen LogP contribution in [0.2, 0.25) is 0 Å². The summed E-state index contributed by atoms with van der Waals surface area (Å²) in [6.45, 7) is 12.3. The minimum Gasteiger partial charge on any atom is -0.489 e. The van der Waals surface area contributed by atoms with Crippen LogP contribution in [0.25, 0.3) is 0 Å². The molecular weight excluding hydrogens is 376 g/mol. The molecule has 5 heteroatoms. The molecule has 1 fully saturated rings. The van der Waals surface area contributed by atoms with Gasteiger partial charge in [0.2, 0.25) is 0 Å². The summed E-state index contributed by atoms with van der Waals surface area (Å²) in [5.41, 5.74) is 3.49. The summed E-state index contributed by atoms with van der Waals surface area (Å²) < 4.78 is 17.3. The van der Waals surface area contributed by atoms with Crippen LogP contribution in [-0.4, -0.2) is 37.8 Å². The summed E-state index contributed by atoms with van der Waals surface area (Å²) in [4.78, 5) is 6.96. The molecule has 162 valence electrons. The third-order valence-corrected chi connectivity index (χ3v) is 5.09. The average molecular weight is 411 g/mol. The van der Waals surface area contributed by atoms with Gasteiger partial charge in [0.1, 0.15) is 17.6 Å². The van der Waals surface area contributed by atoms with Crippen molar-refractivity contribution in [1.29, 1.82) is 0 Å². The van der Waals surface area contributed by atoms with Crippen LogP contribution >= 0.6 is 0 Å². The third-order valence-electron chi connectivity index (χ3n) is 5.09. The van der Waals surface area contributed by atoms with Crippen LogP contribution in [0.5, 0.6) is 11.5 Å². The van der Waals surface area contributed by atoms with Gasteiger partial charge in [-0.05, 0) is 76.6 Å². The monoisotopic (exact) mass is 410 g/mol. The SMILES string of the molecule is CC(C)=NC(C)c1ccc(OC2CCN(c3ccc(OCOC(C)C)cc3)C2)cc1. The number of hydrogen-bond acceptors (Lipinski definition) is 5. The molecule has 0 bridgehead atoms. The highest BCUT2D eigenvalue weighted by molar-refractivity contribution is 5.79. The van der Waals surface area contributed by atoms with Crippen LogP contribution in [-0.2, 0) is 4.74 Å². The largest absolute Gasteiger partial charge is 0.489 e. The number of nitrogens with zero attached hydrogens (tertiary/aromatic N) is 2. The van der Waals surface area contributed by atoms with E-state index in [9.17, 15) is 0 Å². The maximum Gasteiger partial charge on any atom is 0.189 e. The Hall–Kier alpha value is -2.53. The summed E-state index contributed by atoms with van der Waals surface area (Å²) in [5.74, 6) is 1.74. The van der Waals surface area contributed by atoms with Crippen molar-refractivity contribution in [2.24, 2.45) is 4.99 Å². The smallest absolute Gasteiger partial charge is 0.189 e. The summed E-state index contributed by atoms with van der Waals surface area (Å²) in [7, 11) is 0. The fourth-order valence-corrected chi connectivity index (χ4v) is 3.53. The zero-order chi connectivity index (χ0) is 21.5. The molecule has 1 heterocycles. The van der Waals surface area contributed by atoms with Crippen molar-refractivity contribution in [3.8, 4) is 11.5 Å². The van der Waals surface area contributed by atoms with E-state index in [-0.39, 0.29) is 25.0 Å². The van der Waals surface area contributed by atoms with Gasteiger partial charge < -0.3 is 19.1 Å². The lowest BCUT2D eigenvalue weighted by molar-refractivity contribution is -0.0199. The first-order valence-corrected chi connectivity index (χ1v) is 10.8. The highest BCUT2D eigenvalue weighted by Gasteiger charge is 2.24. The molecule has 5 nitrogen and oxygen atoms in total. The van der Waals surface area contributed by atoms with Gasteiger partial charge >= 0.3 is 0 Å². The fourth-order valence-electron chi connectivity index (χ4n) is 3.53. The van der Waals surface area contributed by atoms with Crippen molar-refractivity contribution in [3.05, 3.63) is 54.1 Å². The molecular formula is C25H34N2O3. The molecule has 0 spiro atoms. The van der Waals surface area contributed by atoms with Crippen molar-refractivity contribution in [2.75, 3.05) is 24.8 Å². The van der Waals surface area contributed by atoms with Crippen molar-refractivity contribution >= 4 is 11.4 Å². The lowest BCUT2D eigenvalue weighted by Crippen LogP contribution is -2.24. The average Bonchev–Trinajstić information content (AvgIpc) is 3.17. The Labute approximate surface area is 180 Å². The second kappa shape index (κ2) is 10.5. The van der Waals surface area contributed by atoms with Crippen LogP contribution in [0.4, 0.5) is 5.69 Å². The van der Waals surface area contributed by atoms with E-state index in [1.165, 1.54) is 11.3 Å². The highest BCUT2D eigenvalue weighted by atomic mass is 16.7. The van der Waals surface area contributed by atoms with Crippen LogP contribution in [0, 0.1) is 0 Å². The molecule has 0 aliphatic carbocycles. The maximum atomic E-state index is 6.22. The Morgan fingerprint density at radius 2 is 1.67 bits per heavy atom. The number of ether oxygens (including phenoxy) is 3. The summed E-state index contributed by atoms with van der Waals surface area (Å²) >= 11 is 0. The van der Waals surface area contributed by atoms with E-state index in [2.05, 4.69) is 53.2 Å². The van der Waals surface area contributed by atoms with Crippen molar-refractivity contribution in [3.63, 3.8) is 0 Å². The number of hydrogen-bond donors (Lipinski definition) is 0. The topological polar surface area (TPSA) is 43.3 Å². The van der Waals surface area contributed by atoms with Crippen LogP contribution in [0.1, 0.15) is 52.6 Å². The van der Waals surface area contributed by atoms with E-state index in [4.69, 9.17) is 14.2 Å². The maximum absolute atomic E-state index is 6.22. The molecule has 3 rings (SSSR count). The first-order valence-electron chi connectivity index (χ1n) is 10.8. The molecule has 1 aliphatic rings.